The molecule has 1 saturated heterocycles. The molecule has 3 N–H and O–H groups in total. The predicted octanol–water partition coefficient (Wildman–Crippen LogP) is 2.66. The first-order valence-corrected chi connectivity index (χ1v) is 11.4. The van der Waals surface area contributed by atoms with Crippen LogP contribution in [-0.4, -0.2) is 64.6 Å². The molecule has 0 bridgehead atoms. The van der Waals surface area contributed by atoms with E-state index in [0.29, 0.717) is 47.5 Å². The van der Waals surface area contributed by atoms with Crippen molar-refractivity contribution in [1.29, 1.82) is 0 Å². The number of aromatic nitrogens is 2. The zero-order chi connectivity index (χ0) is 22.7. The van der Waals surface area contributed by atoms with Gasteiger partial charge in [0, 0.05) is 54.1 Å². The van der Waals surface area contributed by atoms with E-state index >= 15 is 0 Å². The van der Waals surface area contributed by atoms with Gasteiger partial charge in [0.1, 0.15) is 10.7 Å². The highest BCUT2D eigenvalue weighted by atomic mass is 35.5. The highest BCUT2D eigenvalue weighted by Crippen LogP contribution is 2.35. The average molecular weight is 472 g/mol. The minimum absolute atomic E-state index is 0.0510. The van der Waals surface area contributed by atoms with E-state index in [4.69, 9.17) is 22.4 Å². The van der Waals surface area contributed by atoms with Gasteiger partial charge in [0.2, 0.25) is 5.91 Å². The van der Waals surface area contributed by atoms with Gasteiger partial charge in [-0.1, -0.05) is 29.8 Å². The molecule has 2 amide bonds. The van der Waals surface area contributed by atoms with E-state index in [1.807, 2.05) is 29.6 Å². The number of nitrogens with two attached hydrogens (primary N) is 1. The number of nitrogens with zero attached hydrogens (tertiary/aromatic N) is 4. The summed E-state index contributed by atoms with van der Waals surface area (Å²) in [6.07, 6.45) is 1.76. The summed E-state index contributed by atoms with van der Waals surface area (Å²) in [5, 5.41) is 12.1. The molecule has 1 aromatic carbocycles. The molecule has 4 rings (SSSR count). The van der Waals surface area contributed by atoms with Crippen LogP contribution in [0.25, 0.3) is 21.8 Å². The average Bonchev–Trinajstić information content (AvgIpc) is 3.29. The number of primary amides is 1. The number of carbonyl (C=O) groups excluding carboxylic acids is 2. The number of aliphatic hydroxyl groups excluding tert-OH is 1. The Hall–Kier alpha value is -3.01. The first-order chi connectivity index (χ1) is 15.5. The molecule has 0 aliphatic carbocycles. The van der Waals surface area contributed by atoms with E-state index in [9.17, 15) is 9.59 Å². The Morgan fingerprint density at radius 3 is 2.59 bits per heavy atom. The summed E-state index contributed by atoms with van der Waals surface area (Å²) < 4.78 is 0. The standard InChI is InChI=1S/C22H22ClN5O3S/c23-17-4-2-1-3-15(17)18-13-32-22(26-18)16-11-14(12-25-20(16)21(24)31)27-6-8-28(9-7-27)19(30)5-10-29/h1-4,11-13,29H,5-10H2,(H2,24,31). The monoisotopic (exact) mass is 471 g/mol. The third-order valence-corrected chi connectivity index (χ3v) is 6.52. The Balaban J connectivity index is 1.61. The van der Waals surface area contributed by atoms with E-state index in [1.54, 1.807) is 17.2 Å². The molecule has 1 aliphatic heterocycles. The molecular formula is C22H22ClN5O3S. The van der Waals surface area contributed by atoms with Crippen molar-refractivity contribution >= 4 is 40.4 Å². The van der Waals surface area contributed by atoms with Gasteiger partial charge in [-0.3, -0.25) is 9.59 Å². The van der Waals surface area contributed by atoms with Crippen molar-refractivity contribution in [2.45, 2.75) is 6.42 Å². The van der Waals surface area contributed by atoms with Crippen LogP contribution in [0.15, 0.2) is 41.9 Å². The van der Waals surface area contributed by atoms with Gasteiger partial charge in [-0.2, -0.15) is 0 Å². The Morgan fingerprint density at radius 1 is 1.16 bits per heavy atom. The second-order valence-corrected chi connectivity index (χ2v) is 8.58. The van der Waals surface area contributed by atoms with Gasteiger partial charge in [-0.25, -0.2) is 9.97 Å². The highest BCUT2D eigenvalue weighted by molar-refractivity contribution is 7.13. The zero-order valence-electron chi connectivity index (χ0n) is 17.2. The summed E-state index contributed by atoms with van der Waals surface area (Å²) in [5.74, 6) is -0.676. The largest absolute Gasteiger partial charge is 0.396 e. The minimum Gasteiger partial charge on any atom is -0.396 e. The molecule has 1 aliphatic rings. The smallest absolute Gasteiger partial charge is 0.268 e. The number of halogens is 1. The first kappa shape index (κ1) is 22.2. The van der Waals surface area contributed by atoms with Crippen LogP contribution in [0.3, 0.4) is 0 Å². The fourth-order valence-corrected chi connectivity index (χ4v) is 4.71. The minimum atomic E-state index is -0.625. The molecule has 0 saturated carbocycles. The first-order valence-electron chi connectivity index (χ1n) is 10.1. The molecule has 32 heavy (non-hydrogen) atoms. The van der Waals surface area contributed by atoms with Crippen LogP contribution < -0.4 is 10.6 Å². The number of benzene rings is 1. The lowest BCUT2D eigenvalue weighted by atomic mass is 10.1. The predicted molar refractivity (Wildman–Crippen MR) is 125 cm³/mol. The van der Waals surface area contributed by atoms with Gasteiger partial charge in [0.05, 0.1) is 24.2 Å². The SMILES string of the molecule is NC(=O)c1ncc(N2CCN(C(=O)CCO)CC2)cc1-c1nc(-c2ccccc2Cl)cs1. The second-order valence-electron chi connectivity index (χ2n) is 7.31. The van der Waals surface area contributed by atoms with Gasteiger partial charge in [0.15, 0.2) is 0 Å². The van der Waals surface area contributed by atoms with Crippen molar-refractivity contribution in [2.24, 2.45) is 5.73 Å². The number of hydrogen-bond acceptors (Lipinski definition) is 7. The lowest BCUT2D eigenvalue weighted by Gasteiger charge is -2.36. The van der Waals surface area contributed by atoms with E-state index in [2.05, 4.69) is 14.9 Å². The van der Waals surface area contributed by atoms with Crippen molar-refractivity contribution in [2.75, 3.05) is 37.7 Å². The van der Waals surface area contributed by atoms with Crippen LogP contribution in [-0.2, 0) is 4.79 Å². The van der Waals surface area contributed by atoms with Crippen molar-refractivity contribution in [3.05, 3.63) is 52.6 Å². The molecule has 0 unspecified atom stereocenters. The zero-order valence-corrected chi connectivity index (χ0v) is 18.8. The molecule has 3 aromatic rings. The molecule has 3 heterocycles. The maximum absolute atomic E-state index is 12.0. The van der Waals surface area contributed by atoms with Gasteiger partial charge >= 0.3 is 0 Å². The number of carbonyl (C=O) groups is 2. The molecule has 10 heteroatoms. The van der Waals surface area contributed by atoms with E-state index < -0.39 is 5.91 Å². The number of thiazole rings is 1. The molecule has 0 atom stereocenters. The van der Waals surface area contributed by atoms with Crippen LogP contribution in [0, 0.1) is 0 Å². The van der Waals surface area contributed by atoms with E-state index in [0.717, 1.165) is 11.3 Å². The maximum Gasteiger partial charge on any atom is 0.268 e. The van der Waals surface area contributed by atoms with Crippen LogP contribution >= 0.6 is 22.9 Å². The van der Waals surface area contributed by atoms with Gasteiger partial charge in [-0.15, -0.1) is 11.3 Å². The second kappa shape index (κ2) is 9.64. The molecule has 0 radical (unpaired) electrons. The van der Waals surface area contributed by atoms with Crippen molar-refractivity contribution < 1.29 is 14.7 Å². The maximum atomic E-state index is 12.0. The van der Waals surface area contributed by atoms with Crippen LogP contribution in [0.4, 0.5) is 5.69 Å². The number of anilines is 1. The molecule has 166 valence electrons. The normalized spacial score (nSPS) is 13.9. The summed E-state index contributed by atoms with van der Waals surface area (Å²) in [6.45, 7) is 2.21. The molecule has 0 spiro atoms. The molecule has 8 nitrogen and oxygen atoms in total. The third kappa shape index (κ3) is 4.59. The third-order valence-electron chi connectivity index (χ3n) is 5.31. The topological polar surface area (TPSA) is 113 Å². The van der Waals surface area contributed by atoms with E-state index in [1.165, 1.54) is 11.3 Å². The van der Waals surface area contributed by atoms with Crippen LogP contribution in [0.2, 0.25) is 5.02 Å². The quantitative estimate of drug-likeness (QED) is 0.571. The molecule has 1 fully saturated rings. The fourth-order valence-electron chi connectivity index (χ4n) is 3.64. The summed E-state index contributed by atoms with van der Waals surface area (Å²) in [7, 11) is 0. The Morgan fingerprint density at radius 2 is 1.91 bits per heavy atom. The van der Waals surface area contributed by atoms with Crippen molar-refractivity contribution in [3.63, 3.8) is 0 Å². The van der Waals surface area contributed by atoms with Gasteiger partial charge in [-0.05, 0) is 12.1 Å². The van der Waals surface area contributed by atoms with Gasteiger partial charge in [0.25, 0.3) is 5.91 Å². The summed E-state index contributed by atoms with van der Waals surface area (Å²) in [5.41, 5.74) is 8.66. The lowest BCUT2D eigenvalue weighted by Crippen LogP contribution is -2.49. The number of piperazine rings is 1. The van der Waals surface area contributed by atoms with Crippen molar-refractivity contribution in [1.82, 2.24) is 14.9 Å². The fraction of sp³-hybridized carbons (Fsp3) is 0.273. The Labute approximate surface area is 194 Å². The Bertz CT molecular complexity index is 1140. The summed E-state index contributed by atoms with van der Waals surface area (Å²) >= 11 is 7.70. The molecule has 2 aromatic heterocycles. The van der Waals surface area contributed by atoms with Crippen LogP contribution in [0.1, 0.15) is 16.9 Å². The lowest BCUT2D eigenvalue weighted by molar-refractivity contribution is -0.132. The van der Waals surface area contributed by atoms with E-state index in [-0.39, 0.29) is 24.6 Å². The van der Waals surface area contributed by atoms with Crippen LogP contribution in [0.5, 0.6) is 0 Å². The number of pyridine rings is 1. The number of aliphatic hydroxyl groups is 1. The number of hydrogen-bond donors (Lipinski definition) is 2. The van der Waals surface area contributed by atoms with Gasteiger partial charge < -0.3 is 20.6 Å². The summed E-state index contributed by atoms with van der Waals surface area (Å²) in [4.78, 5) is 36.9. The number of rotatable bonds is 6. The Kier molecular flexibility index (Phi) is 6.69. The highest BCUT2D eigenvalue weighted by Gasteiger charge is 2.23. The summed E-state index contributed by atoms with van der Waals surface area (Å²) in [6, 6.07) is 9.31. The number of amides is 2. The molecular weight excluding hydrogens is 450 g/mol. The van der Waals surface area contributed by atoms with Crippen molar-refractivity contribution in [3.8, 4) is 21.8 Å².